The molecule has 1 nitrogen and oxygen atoms in total. The van der Waals surface area contributed by atoms with Crippen LogP contribution in [0.3, 0.4) is 0 Å². The molecule has 18 heavy (non-hydrogen) atoms. The maximum Gasteiger partial charge on any atom is 0.125 e. The van der Waals surface area contributed by atoms with Crippen molar-refractivity contribution in [1.29, 1.82) is 0 Å². The minimum atomic E-state index is -0.198. The molecule has 1 atom stereocenters. The third kappa shape index (κ3) is 2.91. The van der Waals surface area contributed by atoms with Gasteiger partial charge in [-0.25, -0.2) is 4.39 Å². The summed E-state index contributed by atoms with van der Waals surface area (Å²) in [7, 11) is 0. The molecule has 0 saturated carbocycles. The Bertz CT molecular complexity index is 533. The normalized spacial score (nSPS) is 12.4. The molecule has 1 aromatic carbocycles. The highest BCUT2D eigenvalue weighted by Crippen LogP contribution is 2.28. The molecular formula is C15H18FNS. The van der Waals surface area contributed by atoms with Crippen LogP contribution in [0.1, 0.15) is 35.2 Å². The number of hydrogen-bond acceptors (Lipinski definition) is 2. The van der Waals surface area contributed by atoms with Gasteiger partial charge in [-0.05, 0) is 50.1 Å². The molecule has 3 heteroatoms. The van der Waals surface area contributed by atoms with E-state index in [0.29, 0.717) is 0 Å². The van der Waals surface area contributed by atoms with Gasteiger partial charge in [0.2, 0.25) is 0 Å². The molecule has 96 valence electrons. The Balaban J connectivity index is 2.15. The van der Waals surface area contributed by atoms with E-state index in [1.54, 1.807) is 12.1 Å². The Hall–Kier alpha value is -1.35. The van der Waals surface area contributed by atoms with Gasteiger partial charge in [-0.3, -0.25) is 0 Å². The summed E-state index contributed by atoms with van der Waals surface area (Å²) in [6.07, 6.45) is 1.07. The van der Waals surface area contributed by atoms with Gasteiger partial charge in [-0.15, -0.1) is 11.3 Å². The quantitative estimate of drug-likeness (QED) is 0.824. The van der Waals surface area contributed by atoms with E-state index in [1.165, 1.54) is 15.8 Å². The standard InChI is InChI=1S/C15H18FNS/c1-4-13-7-8-15(18-13)11(3)17-14-9-12(16)6-5-10(14)2/h5-9,11,17H,4H2,1-3H3. The number of rotatable bonds is 4. The molecule has 0 amide bonds. The van der Waals surface area contributed by atoms with E-state index in [-0.39, 0.29) is 11.9 Å². The Kier molecular flexibility index (Phi) is 4.02. The van der Waals surface area contributed by atoms with Gasteiger partial charge < -0.3 is 5.32 Å². The highest BCUT2D eigenvalue weighted by molar-refractivity contribution is 7.12. The second-order valence-electron chi connectivity index (χ2n) is 4.48. The summed E-state index contributed by atoms with van der Waals surface area (Å²) in [5.41, 5.74) is 1.93. The van der Waals surface area contributed by atoms with Gasteiger partial charge in [0.25, 0.3) is 0 Å². The summed E-state index contributed by atoms with van der Waals surface area (Å²) in [6.45, 7) is 6.25. The largest absolute Gasteiger partial charge is 0.377 e. The lowest BCUT2D eigenvalue weighted by Gasteiger charge is -2.15. The van der Waals surface area contributed by atoms with Crippen LogP contribution in [0, 0.1) is 12.7 Å². The summed E-state index contributed by atoms with van der Waals surface area (Å²) >= 11 is 1.81. The number of hydrogen-bond donors (Lipinski definition) is 1. The number of aryl methyl sites for hydroxylation is 2. The predicted molar refractivity (Wildman–Crippen MR) is 76.9 cm³/mol. The monoisotopic (exact) mass is 263 g/mol. The molecule has 0 fully saturated rings. The number of halogens is 1. The highest BCUT2D eigenvalue weighted by atomic mass is 32.1. The Morgan fingerprint density at radius 2 is 2.06 bits per heavy atom. The van der Waals surface area contributed by atoms with E-state index in [2.05, 4.69) is 31.3 Å². The zero-order chi connectivity index (χ0) is 13.1. The molecule has 0 aliphatic carbocycles. The van der Waals surface area contributed by atoms with E-state index >= 15 is 0 Å². The molecule has 0 bridgehead atoms. The van der Waals surface area contributed by atoms with Crippen LogP contribution in [-0.4, -0.2) is 0 Å². The number of nitrogens with one attached hydrogen (secondary N) is 1. The molecule has 2 rings (SSSR count). The lowest BCUT2D eigenvalue weighted by Crippen LogP contribution is -2.06. The molecule has 0 spiro atoms. The van der Waals surface area contributed by atoms with E-state index in [4.69, 9.17) is 0 Å². The first-order chi connectivity index (χ1) is 8.60. The Labute approximate surface area is 112 Å². The summed E-state index contributed by atoms with van der Waals surface area (Å²) in [5, 5.41) is 3.38. The predicted octanol–water partition coefficient (Wildman–Crippen LogP) is 4.93. The van der Waals surface area contributed by atoms with Gasteiger partial charge in [0.1, 0.15) is 5.82 Å². The summed E-state index contributed by atoms with van der Waals surface area (Å²) < 4.78 is 13.2. The molecular weight excluding hydrogens is 245 g/mol. The lowest BCUT2D eigenvalue weighted by molar-refractivity contribution is 0.627. The highest BCUT2D eigenvalue weighted by Gasteiger charge is 2.10. The van der Waals surface area contributed by atoms with Crippen molar-refractivity contribution >= 4 is 17.0 Å². The minimum absolute atomic E-state index is 0.198. The Morgan fingerprint density at radius 1 is 1.28 bits per heavy atom. The van der Waals surface area contributed by atoms with Crippen molar-refractivity contribution < 1.29 is 4.39 Å². The fourth-order valence-electron chi connectivity index (χ4n) is 1.87. The third-order valence-electron chi connectivity index (χ3n) is 3.03. The van der Waals surface area contributed by atoms with E-state index in [9.17, 15) is 4.39 Å². The van der Waals surface area contributed by atoms with Crippen LogP contribution < -0.4 is 5.32 Å². The molecule has 1 heterocycles. The summed E-state index contributed by atoms with van der Waals surface area (Å²) in [5.74, 6) is -0.198. The average Bonchev–Trinajstić information content (AvgIpc) is 2.82. The number of anilines is 1. The van der Waals surface area contributed by atoms with Gasteiger partial charge in [0.15, 0.2) is 0 Å². The second-order valence-corrected chi connectivity index (χ2v) is 5.68. The van der Waals surface area contributed by atoms with Crippen LogP contribution in [0.25, 0.3) is 0 Å². The molecule has 1 N–H and O–H groups in total. The third-order valence-corrected chi connectivity index (χ3v) is 4.44. The van der Waals surface area contributed by atoms with Crippen molar-refractivity contribution in [3.05, 3.63) is 51.5 Å². The van der Waals surface area contributed by atoms with Crippen LogP contribution in [0.5, 0.6) is 0 Å². The molecule has 0 aliphatic heterocycles. The first-order valence-corrected chi connectivity index (χ1v) is 7.03. The first-order valence-electron chi connectivity index (χ1n) is 6.21. The Morgan fingerprint density at radius 3 is 2.72 bits per heavy atom. The van der Waals surface area contributed by atoms with Crippen molar-refractivity contribution in [2.45, 2.75) is 33.2 Å². The van der Waals surface area contributed by atoms with Crippen molar-refractivity contribution in [2.75, 3.05) is 5.32 Å². The zero-order valence-electron chi connectivity index (χ0n) is 11.0. The van der Waals surface area contributed by atoms with Crippen molar-refractivity contribution in [3.63, 3.8) is 0 Å². The van der Waals surface area contributed by atoms with Gasteiger partial charge in [-0.2, -0.15) is 0 Å². The van der Waals surface area contributed by atoms with Crippen molar-refractivity contribution in [1.82, 2.24) is 0 Å². The van der Waals surface area contributed by atoms with Gasteiger partial charge in [-0.1, -0.05) is 13.0 Å². The molecule has 0 aliphatic rings. The molecule has 0 radical (unpaired) electrons. The first kappa shape index (κ1) is 13.1. The van der Waals surface area contributed by atoms with Crippen LogP contribution in [0.4, 0.5) is 10.1 Å². The molecule has 2 aromatic rings. The van der Waals surface area contributed by atoms with E-state index < -0.39 is 0 Å². The van der Waals surface area contributed by atoms with E-state index in [1.807, 2.05) is 18.3 Å². The maximum atomic E-state index is 13.2. The van der Waals surface area contributed by atoms with Gasteiger partial charge in [0.05, 0.1) is 6.04 Å². The summed E-state index contributed by atoms with van der Waals surface area (Å²) in [6, 6.07) is 9.37. The van der Waals surface area contributed by atoms with Crippen molar-refractivity contribution in [2.24, 2.45) is 0 Å². The van der Waals surface area contributed by atoms with Gasteiger partial charge >= 0.3 is 0 Å². The number of benzene rings is 1. The number of thiophene rings is 1. The van der Waals surface area contributed by atoms with Crippen LogP contribution >= 0.6 is 11.3 Å². The fraction of sp³-hybridized carbons (Fsp3) is 0.333. The van der Waals surface area contributed by atoms with E-state index in [0.717, 1.165) is 17.7 Å². The van der Waals surface area contributed by atoms with Gasteiger partial charge in [0, 0.05) is 15.4 Å². The lowest BCUT2D eigenvalue weighted by atomic mass is 10.1. The molecule has 1 unspecified atom stereocenters. The average molecular weight is 263 g/mol. The van der Waals surface area contributed by atoms with Crippen LogP contribution in [-0.2, 0) is 6.42 Å². The zero-order valence-corrected chi connectivity index (χ0v) is 11.8. The molecule has 1 aromatic heterocycles. The molecule has 0 saturated heterocycles. The SMILES string of the molecule is CCc1ccc(C(C)Nc2cc(F)ccc2C)s1. The second kappa shape index (κ2) is 5.53. The maximum absolute atomic E-state index is 13.2. The van der Waals surface area contributed by atoms with Crippen LogP contribution in [0.2, 0.25) is 0 Å². The summed E-state index contributed by atoms with van der Waals surface area (Å²) in [4.78, 5) is 2.67. The topological polar surface area (TPSA) is 12.0 Å². The van der Waals surface area contributed by atoms with Crippen molar-refractivity contribution in [3.8, 4) is 0 Å². The minimum Gasteiger partial charge on any atom is -0.377 e. The van der Waals surface area contributed by atoms with Crippen LogP contribution in [0.15, 0.2) is 30.3 Å². The fourth-order valence-corrected chi connectivity index (χ4v) is 2.83. The smallest absolute Gasteiger partial charge is 0.125 e.